The lowest BCUT2D eigenvalue weighted by molar-refractivity contribution is 0.549. The van der Waals surface area contributed by atoms with E-state index < -0.39 is 0 Å². The van der Waals surface area contributed by atoms with E-state index in [9.17, 15) is 0 Å². The second-order valence-electron chi connectivity index (χ2n) is 5.71. The fraction of sp³-hybridized carbons (Fsp3) is 0.615. The summed E-state index contributed by atoms with van der Waals surface area (Å²) in [6, 6.07) is 4.31. The first-order chi connectivity index (χ1) is 6.43. The summed E-state index contributed by atoms with van der Waals surface area (Å²) in [6.45, 7) is 9.07. The van der Waals surface area contributed by atoms with Gasteiger partial charge in [0.25, 0.3) is 0 Å². The third kappa shape index (κ3) is 1.56. The van der Waals surface area contributed by atoms with E-state index >= 15 is 0 Å². The van der Waals surface area contributed by atoms with Crippen LogP contribution in [0.25, 0.3) is 0 Å². The summed E-state index contributed by atoms with van der Waals surface area (Å²) in [5.74, 6) is 0. The molecule has 2 rings (SSSR count). The van der Waals surface area contributed by atoms with Gasteiger partial charge < -0.3 is 0 Å². The monoisotopic (exact) mass is 189 g/mol. The lowest BCUT2D eigenvalue weighted by atomic mass is 9.83. The Morgan fingerprint density at radius 1 is 1.29 bits per heavy atom. The second-order valence-corrected chi connectivity index (χ2v) is 5.71. The second kappa shape index (κ2) is 2.82. The molecule has 0 atom stereocenters. The first-order valence-corrected chi connectivity index (χ1v) is 5.39. The van der Waals surface area contributed by atoms with Crippen molar-refractivity contribution in [3.8, 4) is 0 Å². The molecular formula is C13H19N. The minimum Gasteiger partial charge on any atom is -0.260 e. The van der Waals surface area contributed by atoms with Crippen LogP contribution in [0.5, 0.6) is 0 Å². The van der Waals surface area contributed by atoms with Crippen LogP contribution in [0, 0.1) is 0 Å². The maximum Gasteiger partial charge on any atom is 0.0494 e. The molecule has 1 aliphatic rings. The van der Waals surface area contributed by atoms with Gasteiger partial charge in [-0.15, -0.1) is 0 Å². The molecule has 1 heterocycles. The van der Waals surface area contributed by atoms with Gasteiger partial charge in [-0.1, -0.05) is 33.8 Å². The molecule has 76 valence electrons. The van der Waals surface area contributed by atoms with Gasteiger partial charge in [-0.2, -0.15) is 0 Å². The molecule has 0 N–H and O–H groups in total. The summed E-state index contributed by atoms with van der Waals surface area (Å²) in [4.78, 5) is 4.56. The number of nitrogens with zero attached hydrogens (tertiary/aromatic N) is 1. The van der Waals surface area contributed by atoms with Gasteiger partial charge in [0, 0.05) is 17.3 Å². The van der Waals surface area contributed by atoms with E-state index in [0.717, 1.165) is 0 Å². The van der Waals surface area contributed by atoms with Crippen molar-refractivity contribution in [1.82, 2.24) is 4.98 Å². The Labute approximate surface area is 86.6 Å². The van der Waals surface area contributed by atoms with Crippen molar-refractivity contribution in [1.29, 1.82) is 0 Å². The number of hydrogen-bond donors (Lipinski definition) is 0. The van der Waals surface area contributed by atoms with Crippen molar-refractivity contribution in [2.75, 3.05) is 0 Å². The third-order valence-electron chi connectivity index (χ3n) is 3.17. The fourth-order valence-corrected chi connectivity index (χ4v) is 1.95. The molecule has 0 saturated heterocycles. The van der Waals surface area contributed by atoms with Gasteiger partial charge in [0.1, 0.15) is 0 Å². The van der Waals surface area contributed by atoms with Gasteiger partial charge in [0.15, 0.2) is 0 Å². The standard InChI is InChI=1S/C13H19N/c1-12(2,3)11-10(6-5-9-14-11)13(4)7-8-13/h5-6,9H,7-8H2,1-4H3. The quantitative estimate of drug-likeness (QED) is 0.659. The van der Waals surface area contributed by atoms with Crippen LogP contribution >= 0.6 is 0 Å². The fourth-order valence-electron chi connectivity index (χ4n) is 1.95. The lowest BCUT2D eigenvalue weighted by Gasteiger charge is -2.24. The Balaban J connectivity index is 2.50. The maximum atomic E-state index is 4.56. The average molecular weight is 189 g/mol. The molecule has 0 bridgehead atoms. The van der Waals surface area contributed by atoms with E-state index in [4.69, 9.17) is 0 Å². The van der Waals surface area contributed by atoms with Crippen molar-refractivity contribution in [2.45, 2.75) is 51.4 Å². The Hall–Kier alpha value is -0.850. The number of rotatable bonds is 1. The van der Waals surface area contributed by atoms with Crippen LogP contribution in [-0.2, 0) is 10.8 Å². The van der Waals surface area contributed by atoms with Crippen LogP contribution in [-0.4, -0.2) is 4.98 Å². The Bertz CT molecular complexity index is 318. The first kappa shape index (κ1) is 9.70. The van der Waals surface area contributed by atoms with Crippen LogP contribution < -0.4 is 0 Å². The van der Waals surface area contributed by atoms with Crippen molar-refractivity contribution in [3.63, 3.8) is 0 Å². The predicted molar refractivity (Wildman–Crippen MR) is 59.5 cm³/mol. The molecule has 0 spiro atoms. The average Bonchev–Trinajstić information content (AvgIpc) is 2.84. The zero-order valence-electron chi connectivity index (χ0n) is 9.59. The normalized spacial score (nSPS) is 19.4. The molecule has 14 heavy (non-hydrogen) atoms. The highest BCUT2D eigenvalue weighted by Crippen LogP contribution is 2.49. The largest absolute Gasteiger partial charge is 0.260 e. The zero-order chi connectivity index (χ0) is 10.4. The molecule has 0 aliphatic heterocycles. The molecular weight excluding hydrogens is 170 g/mol. The predicted octanol–water partition coefficient (Wildman–Crippen LogP) is 3.43. The molecule has 1 aromatic heterocycles. The molecule has 1 nitrogen and oxygen atoms in total. The summed E-state index contributed by atoms with van der Waals surface area (Å²) in [5, 5.41) is 0. The van der Waals surface area contributed by atoms with Crippen molar-refractivity contribution in [3.05, 3.63) is 29.6 Å². The molecule has 0 unspecified atom stereocenters. The number of hydrogen-bond acceptors (Lipinski definition) is 1. The van der Waals surface area contributed by atoms with E-state index in [1.54, 1.807) is 0 Å². The van der Waals surface area contributed by atoms with E-state index in [1.165, 1.54) is 24.1 Å². The van der Waals surface area contributed by atoms with E-state index in [2.05, 4.69) is 44.8 Å². The number of aromatic nitrogens is 1. The van der Waals surface area contributed by atoms with Crippen LogP contribution in [0.1, 0.15) is 51.8 Å². The van der Waals surface area contributed by atoms with E-state index in [0.29, 0.717) is 5.41 Å². The van der Waals surface area contributed by atoms with Crippen molar-refractivity contribution >= 4 is 0 Å². The highest BCUT2D eigenvalue weighted by atomic mass is 14.7. The highest BCUT2D eigenvalue weighted by molar-refractivity contribution is 5.36. The topological polar surface area (TPSA) is 12.9 Å². The molecule has 0 radical (unpaired) electrons. The van der Waals surface area contributed by atoms with Gasteiger partial charge in [0.05, 0.1) is 0 Å². The molecule has 1 aliphatic carbocycles. The molecule has 1 fully saturated rings. The Kier molecular flexibility index (Phi) is 1.95. The van der Waals surface area contributed by atoms with E-state index in [-0.39, 0.29) is 5.41 Å². The Morgan fingerprint density at radius 3 is 2.43 bits per heavy atom. The smallest absolute Gasteiger partial charge is 0.0494 e. The molecule has 1 saturated carbocycles. The minimum atomic E-state index is 0.169. The van der Waals surface area contributed by atoms with Crippen LogP contribution in [0.2, 0.25) is 0 Å². The van der Waals surface area contributed by atoms with Crippen LogP contribution in [0.15, 0.2) is 18.3 Å². The minimum absolute atomic E-state index is 0.169. The summed E-state index contributed by atoms with van der Waals surface area (Å²) >= 11 is 0. The molecule has 0 amide bonds. The summed E-state index contributed by atoms with van der Waals surface area (Å²) in [5.41, 5.74) is 3.34. The SMILES string of the molecule is CC(C)(C)c1ncccc1C1(C)CC1. The molecule has 1 heteroatoms. The summed E-state index contributed by atoms with van der Waals surface area (Å²) in [6.07, 6.45) is 4.55. The van der Waals surface area contributed by atoms with E-state index in [1.807, 2.05) is 6.20 Å². The van der Waals surface area contributed by atoms with Gasteiger partial charge >= 0.3 is 0 Å². The summed E-state index contributed by atoms with van der Waals surface area (Å²) < 4.78 is 0. The highest BCUT2D eigenvalue weighted by Gasteiger charge is 2.42. The summed E-state index contributed by atoms with van der Waals surface area (Å²) in [7, 11) is 0. The maximum absolute atomic E-state index is 4.56. The van der Waals surface area contributed by atoms with Crippen molar-refractivity contribution in [2.24, 2.45) is 0 Å². The molecule has 0 aromatic carbocycles. The number of pyridine rings is 1. The van der Waals surface area contributed by atoms with Gasteiger partial charge in [-0.05, 0) is 29.9 Å². The molecule has 1 aromatic rings. The van der Waals surface area contributed by atoms with Crippen LogP contribution in [0.4, 0.5) is 0 Å². The van der Waals surface area contributed by atoms with Gasteiger partial charge in [-0.25, -0.2) is 0 Å². The van der Waals surface area contributed by atoms with Gasteiger partial charge in [-0.3, -0.25) is 4.98 Å². The zero-order valence-corrected chi connectivity index (χ0v) is 9.59. The Morgan fingerprint density at radius 2 is 1.93 bits per heavy atom. The third-order valence-corrected chi connectivity index (χ3v) is 3.17. The van der Waals surface area contributed by atoms with Gasteiger partial charge in [0.2, 0.25) is 0 Å². The van der Waals surface area contributed by atoms with Crippen LogP contribution in [0.3, 0.4) is 0 Å². The lowest BCUT2D eigenvalue weighted by Crippen LogP contribution is -2.19. The first-order valence-electron chi connectivity index (χ1n) is 5.39. The van der Waals surface area contributed by atoms with Crippen molar-refractivity contribution < 1.29 is 0 Å².